The van der Waals surface area contributed by atoms with Gasteiger partial charge in [0.25, 0.3) is 0 Å². The Labute approximate surface area is 172 Å². The zero-order valence-electron chi connectivity index (χ0n) is 14.8. The van der Waals surface area contributed by atoms with Gasteiger partial charge in [-0.3, -0.25) is 0 Å². The lowest BCUT2D eigenvalue weighted by Crippen LogP contribution is -2.38. The van der Waals surface area contributed by atoms with Crippen LogP contribution in [-0.4, -0.2) is 20.9 Å². The summed E-state index contributed by atoms with van der Waals surface area (Å²) < 4.78 is 22.9. The van der Waals surface area contributed by atoms with Gasteiger partial charge in [0.05, 0.1) is 17.5 Å². The second-order valence-corrected chi connectivity index (χ2v) is 7.23. The molecule has 0 fully saturated rings. The summed E-state index contributed by atoms with van der Waals surface area (Å²) in [5.41, 5.74) is 1.93. The third kappa shape index (κ3) is 6.93. The van der Waals surface area contributed by atoms with Crippen molar-refractivity contribution in [2.75, 3.05) is 6.54 Å². The van der Waals surface area contributed by atoms with Crippen molar-refractivity contribution in [3.63, 3.8) is 0 Å². The molecule has 1 atom stereocenters. The van der Waals surface area contributed by atoms with E-state index in [1.165, 1.54) is 6.07 Å². The number of rotatable bonds is 6. The van der Waals surface area contributed by atoms with Gasteiger partial charge in [0.1, 0.15) is 0 Å². The van der Waals surface area contributed by atoms with Crippen LogP contribution in [-0.2, 0) is 16.6 Å². The minimum atomic E-state index is -3.71. The Morgan fingerprint density at radius 2 is 1.85 bits per heavy atom. The van der Waals surface area contributed by atoms with Gasteiger partial charge < -0.3 is 10.6 Å². The Morgan fingerprint density at radius 3 is 2.46 bits per heavy atom. The van der Waals surface area contributed by atoms with Crippen molar-refractivity contribution in [3.8, 4) is 0 Å². The molecule has 0 aromatic heterocycles. The van der Waals surface area contributed by atoms with E-state index in [9.17, 15) is 8.42 Å². The maximum atomic E-state index is 11.4. The van der Waals surface area contributed by atoms with Crippen LogP contribution in [0.15, 0.2) is 64.5 Å². The molecule has 0 aliphatic heterocycles. The predicted octanol–water partition coefficient (Wildman–Crippen LogP) is 2.77. The van der Waals surface area contributed by atoms with Gasteiger partial charge in [0.15, 0.2) is 5.96 Å². The number of halogens is 1. The van der Waals surface area contributed by atoms with Crippen molar-refractivity contribution in [3.05, 3.63) is 65.7 Å². The quantitative estimate of drug-likeness (QED) is 0.331. The fourth-order valence-corrected chi connectivity index (χ4v) is 2.93. The molecular weight excluding hydrogens is 463 g/mol. The summed E-state index contributed by atoms with van der Waals surface area (Å²) in [7, 11) is -3.71. The first-order valence-electron chi connectivity index (χ1n) is 8.11. The Balaban J connectivity index is 0.00000338. The molecule has 26 heavy (non-hydrogen) atoms. The highest BCUT2D eigenvalue weighted by molar-refractivity contribution is 14.0. The number of sulfonamides is 1. The molecule has 6 nitrogen and oxygen atoms in total. The molecule has 0 amide bonds. The molecule has 2 aromatic rings. The van der Waals surface area contributed by atoms with Crippen molar-refractivity contribution in [1.82, 2.24) is 10.6 Å². The largest absolute Gasteiger partial charge is 0.357 e. The first kappa shape index (κ1) is 22.4. The summed E-state index contributed by atoms with van der Waals surface area (Å²) in [6, 6.07) is 16.7. The van der Waals surface area contributed by atoms with Crippen molar-refractivity contribution >= 4 is 40.0 Å². The van der Waals surface area contributed by atoms with Crippen molar-refractivity contribution < 1.29 is 8.42 Å². The van der Waals surface area contributed by atoms with E-state index >= 15 is 0 Å². The topological polar surface area (TPSA) is 96.6 Å². The Bertz CT molecular complexity index is 826. The van der Waals surface area contributed by atoms with Crippen LogP contribution < -0.4 is 15.8 Å². The van der Waals surface area contributed by atoms with Gasteiger partial charge in [-0.05, 0) is 37.1 Å². The second-order valence-electron chi connectivity index (χ2n) is 5.66. The van der Waals surface area contributed by atoms with E-state index in [-0.39, 0.29) is 34.9 Å². The molecule has 4 N–H and O–H groups in total. The summed E-state index contributed by atoms with van der Waals surface area (Å²) in [6.07, 6.45) is 0. The molecule has 0 radical (unpaired) electrons. The highest BCUT2D eigenvalue weighted by Crippen LogP contribution is 2.12. The van der Waals surface area contributed by atoms with Gasteiger partial charge in [-0.2, -0.15) is 0 Å². The smallest absolute Gasteiger partial charge is 0.238 e. The van der Waals surface area contributed by atoms with Crippen LogP contribution >= 0.6 is 24.0 Å². The van der Waals surface area contributed by atoms with Crippen LogP contribution in [0.25, 0.3) is 0 Å². The number of nitrogens with two attached hydrogens (primary N) is 1. The molecular formula is C18H25IN4O2S. The van der Waals surface area contributed by atoms with Crippen molar-refractivity contribution in [2.45, 2.75) is 31.3 Å². The lowest BCUT2D eigenvalue weighted by atomic mass is 10.1. The lowest BCUT2D eigenvalue weighted by molar-refractivity contribution is 0.597. The van der Waals surface area contributed by atoms with Gasteiger partial charge in [-0.25, -0.2) is 18.5 Å². The maximum absolute atomic E-state index is 11.4. The summed E-state index contributed by atoms with van der Waals surface area (Å²) in [5, 5.41) is 11.7. The zero-order chi connectivity index (χ0) is 18.3. The van der Waals surface area contributed by atoms with Crippen molar-refractivity contribution in [2.24, 2.45) is 10.1 Å². The molecule has 0 bridgehead atoms. The van der Waals surface area contributed by atoms with E-state index in [0.717, 1.165) is 17.7 Å². The fraction of sp³-hybridized carbons (Fsp3) is 0.278. The maximum Gasteiger partial charge on any atom is 0.238 e. The van der Waals surface area contributed by atoms with Crippen LogP contribution in [0.3, 0.4) is 0 Å². The average molecular weight is 488 g/mol. The zero-order valence-corrected chi connectivity index (χ0v) is 18.0. The third-order valence-corrected chi connectivity index (χ3v) is 4.55. The monoisotopic (exact) mass is 488 g/mol. The first-order valence-corrected chi connectivity index (χ1v) is 9.66. The Morgan fingerprint density at radius 1 is 1.15 bits per heavy atom. The molecule has 0 aliphatic rings. The summed E-state index contributed by atoms with van der Waals surface area (Å²) in [5.74, 6) is 0.667. The summed E-state index contributed by atoms with van der Waals surface area (Å²) in [6.45, 7) is 5.13. The molecule has 0 heterocycles. The van der Waals surface area contributed by atoms with Crippen LogP contribution in [0.4, 0.5) is 0 Å². The second kappa shape index (κ2) is 10.5. The van der Waals surface area contributed by atoms with E-state index in [0.29, 0.717) is 12.5 Å². The number of hydrogen-bond acceptors (Lipinski definition) is 3. The number of hydrogen-bond donors (Lipinski definition) is 3. The predicted molar refractivity (Wildman–Crippen MR) is 116 cm³/mol. The van der Waals surface area contributed by atoms with E-state index in [2.05, 4.69) is 34.7 Å². The van der Waals surface area contributed by atoms with Gasteiger partial charge >= 0.3 is 0 Å². The summed E-state index contributed by atoms with van der Waals surface area (Å²) >= 11 is 0. The third-order valence-electron chi connectivity index (χ3n) is 3.64. The minimum Gasteiger partial charge on any atom is -0.357 e. The highest BCUT2D eigenvalue weighted by atomic mass is 127. The summed E-state index contributed by atoms with van der Waals surface area (Å²) in [4.78, 5) is 4.62. The number of guanidine groups is 1. The van der Waals surface area contributed by atoms with Crippen LogP contribution in [0.5, 0.6) is 0 Å². The van der Waals surface area contributed by atoms with E-state index < -0.39 is 10.0 Å². The first-order chi connectivity index (χ1) is 11.9. The van der Waals surface area contributed by atoms with Crippen LogP contribution in [0.1, 0.15) is 31.0 Å². The molecule has 0 saturated carbocycles. The van der Waals surface area contributed by atoms with Gasteiger partial charge in [0, 0.05) is 6.54 Å². The number of nitrogens with zero attached hydrogens (tertiary/aromatic N) is 1. The van der Waals surface area contributed by atoms with Gasteiger partial charge in [0.2, 0.25) is 10.0 Å². The molecule has 2 rings (SSSR count). The lowest BCUT2D eigenvalue weighted by Gasteiger charge is -2.18. The molecule has 0 spiro atoms. The number of nitrogens with one attached hydrogen (secondary N) is 2. The molecule has 0 saturated heterocycles. The number of benzene rings is 2. The van der Waals surface area contributed by atoms with Crippen LogP contribution in [0.2, 0.25) is 0 Å². The normalized spacial score (nSPS) is 12.8. The van der Waals surface area contributed by atoms with E-state index in [1.54, 1.807) is 12.1 Å². The molecule has 1 unspecified atom stereocenters. The Hall–Kier alpha value is -1.65. The minimum absolute atomic E-state index is 0. The fourth-order valence-electron chi connectivity index (χ4n) is 2.34. The molecule has 0 aliphatic carbocycles. The molecule has 142 valence electrons. The number of aliphatic imine (C=N–C) groups is 1. The average Bonchev–Trinajstić information content (AvgIpc) is 2.60. The SMILES string of the molecule is CCNC(=NCc1cccc(S(N)(=O)=O)c1)NC(C)c1ccccc1.I. The van der Waals surface area contributed by atoms with Gasteiger partial charge in [-0.1, -0.05) is 42.5 Å². The standard InChI is InChI=1S/C18H24N4O2S.HI/c1-3-20-18(22-14(2)16-9-5-4-6-10-16)21-13-15-8-7-11-17(12-15)25(19,23)24;/h4-12,14H,3,13H2,1-2H3,(H2,19,23,24)(H2,20,21,22);1H. The van der Waals surface area contributed by atoms with Gasteiger partial charge in [-0.15, -0.1) is 24.0 Å². The van der Waals surface area contributed by atoms with Crippen molar-refractivity contribution in [1.29, 1.82) is 0 Å². The Kier molecular flexibility index (Phi) is 9.03. The van der Waals surface area contributed by atoms with Crippen LogP contribution in [0, 0.1) is 0 Å². The molecule has 8 heteroatoms. The molecule has 2 aromatic carbocycles. The van der Waals surface area contributed by atoms with E-state index in [1.807, 2.05) is 31.2 Å². The number of primary sulfonamides is 1. The highest BCUT2D eigenvalue weighted by Gasteiger charge is 2.09. The van der Waals surface area contributed by atoms with E-state index in [4.69, 9.17) is 5.14 Å².